The Balaban J connectivity index is 2.18. The normalized spacial score (nSPS) is 17.4. The van der Waals surface area contributed by atoms with E-state index in [1.54, 1.807) is 6.07 Å². The van der Waals surface area contributed by atoms with Crippen LogP contribution in [-0.2, 0) is 4.79 Å². The molecule has 19 heavy (non-hydrogen) atoms. The summed E-state index contributed by atoms with van der Waals surface area (Å²) in [6.07, 6.45) is 5.12. The molecular formula is C15H19FO3. The molecule has 2 rings (SSSR count). The second-order valence-corrected chi connectivity index (χ2v) is 5.17. The molecule has 0 radical (unpaired) electrons. The van der Waals surface area contributed by atoms with E-state index in [0.717, 1.165) is 12.8 Å². The molecule has 0 saturated heterocycles. The third kappa shape index (κ3) is 3.25. The molecule has 1 atom stereocenters. The van der Waals surface area contributed by atoms with Crippen molar-refractivity contribution in [2.24, 2.45) is 5.92 Å². The van der Waals surface area contributed by atoms with Crippen LogP contribution in [0.3, 0.4) is 0 Å². The number of rotatable bonds is 5. The van der Waals surface area contributed by atoms with Crippen LogP contribution in [0.1, 0.15) is 43.6 Å². The number of benzene rings is 1. The Kier molecular flexibility index (Phi) is 4.40. The highest BCUT2D eigenvalue weighted by Crippen LogP contribution is 2.35. The molecule has 0 heterocycles. The lowest BCUT2D eigenvalue weighted by Gasteiger charge is -2.17. The average Bonchev–Trinajstić information content (AvgIpc) is 2.88. The van der Waals surface area contributed by atoms with E-state index in [2.05, 4.69) is 0 Å². The largest absolute Gasteiger partial charge is 0.494 e. The Bertz CT molecular complexity index is 453. The lowest BCUT2D eigenvalue weighted by Crippen LogP contribution is -2.15. The van der Waals surface area contributed by atoms with Crippen molar-refractivity contribution in [1.29, 1.82) is 0 Å². The highest BCUT2D eigenvalue weighted by molar-refractivity contribution is 5.76. The predicted octanol–water partition coefficient (Wildman–Crippen LogP) is 3.58. The number of carbonyl (C=O) groups is 1. The van der Waals surface area contributed by atoms with E-state index in [-0.39, 0.29) is 5.75 Å². The van der Waals surface area contributed by atoms with E-state index < -0.39 is 17.7 Å². The van der Waals surface area contributed by atoms with E-state index in [1.165, 1.54) is 32.1 Å². The molecule has 0 amide bonds. The molecule has 1 fully saturated rings. The van der Waals surface area contributed by atoms with Gasteiger partial charge in [0.25, 0.3) is 0 Å². The molecule has 0 aliphatic heterocycles. The fourth-order valence-corrected chi connectivity index (χ4v) is 2.86. The fourth-order valence-electron chi connectivity index (χ4n) is 2.86. The van der Waals surface area contributed by atoms with Crippen LogP contribution in [0.2, 0.25) is 0 Å². The summed E-state index contributed by atoms with van der Waals surface area (Å²) in [4.78, 5) is 11.4. The fraction of sp³-hybridized carbons (Fsp3) is 0.533. The molecule has 1 aromatic carbocycles. The van der Waals surface area contributed by atoms with Gasteiger partial charge in [-0.25, -0.2) is 4.39 Å². The van der Waals surface area contributed by atoms with Crippen LogP contribution in [0.5, 0.6) is 5.75 Å². The lowest BCUT2D eigenvalue weighted by atomic mass is 9.88. The van der Waals surface area contributed by atoms with Gasteiger partial charge in [0.05, 0.1) is 13.0 Å². The summed E-state index contributed by atoms with van der Waals surface area (Å²) in [7, 11) is 1.39. The second-order valence-electron chi connectivity index (χ2n) is 5.17. The second kappa shape index (κ2) is 6.04. The zero-order valence-electron chi connectivity index (χ0n) is 11.1. The summed E-state index contributed by atoms with van der Waals surface area (Å²) in [5.74, 6) is -1.40. The Morgan fingerprint density at radius 3 is 2.68 bits per heavy atom. The number of methoxy groups -OCH3 is 1. The van der Waals surface area contributed by atoms with E-state index in [0.29, 0.717) is 17.9 Å². The highest BCUT2D eigenvalue weighted by atomic mass is 19.1. The van der Waals surface area contributed by atoms with E-state index >= 15 is 0 Å². The molecule has 104 valence electrons. The van der Waals surface area contributed by atoms with Crippen molar-refractivity contribution in [3.63, 3.8) is 0 Å². The molecule has 1 saturated carbocycles. The van der Waals surface area contributed by atoms with Gasteiger partial charge in [-0.15, -0.1) is 0 Å². The van der Waals surface area contributed by atoms with Gasteiger partial charge in [-0.2, -0.15) is 0 Å². The van der Waals surface area contributed by atoms with Gasteiger partial charge in [-0.1, -0.05) is 31.7 Å². The van der Waals surface area contributed by atoms with Crippen LogP contribution in [0.15, 0.2) is 18.2 Å². The molecule has 1 N–H and O–H groups in total. The van der Waals surface area contributed by atoms with Crippen molar-refractivity contribution in [2.75, 3.05) is 7.11 Å². The zero-order chi connectivity index (χ0) is 13.8. The van der Waals surface area contributed by atoms with Crippen molar-refractivity contribution in [2.45, 2.75) is 38.0 Å². The number of hydrogen-bond donors (Lipinski definition) is 1. The van der Waals surface area contributed by atoms with Gasteiger partial charge in [0.15, 0.2) is 11.6 Å². The van der Waals surface area contributed by atoms with Gasteiger partial charge >= 0.3 is 5.97 Å². The summed E-state index contributed by atoms with van der Waals surface area (Å²) in [6, 6.07) is 4.43. The maximum absolute atomic E-state index is 13.7. The standard InChI is InChI=1S/C15H19FO3/c1-19-14-7-6-11(9-13(14)16)12(15(17)18)8-10-4-2-3-5-10/h6-7,9-10,12H,2-5,8H2,1H3,(H,17,18)/t12-/m1/s1. The first-order valence-electron chi connectivity index (χ1n) is 6.68. The van der Waals surface area contributed by atoms with Crippen LogP contribution in [0.25, 0.3) is 0 Å². The Hall–Kier alpha value is -1.58. The van der Waals surface area contributed by atoms with Crippen molar-refractivity contribution in [1.82, 2.24) is 0 Å². The van der Waals surface area contributed by atoms with E-state index in [1.807, 2.05) is 0 Å². The molecular weight excluding hydrogens is 247 g/mol. The van der Waals surface area contributed by atoms with Gasteiger partial charge < -0.3 is 9.84 Å². The minimum Gasteiger partial charge on any atom is -0.494 e. The minimum absolute atomic E-state index is 0.147. The maximum atomic E-state index is 13.7. The van der Waals surface area contributed by atoms with Crippen molar-refractivity contribution in [3.8, 4) is 5.75 Å². The summed E-state index contributed by atoms with van der Waals surface area (Å²) in [6.45, 7) is 0. The number of halogens is 1. The van der Waals surface area contributed by atoms with E-state index in [4.69, 9.17) is 4.74 Å². The number of aliphatic carboxylic acids is 1. The van der Waals surface area contributed by atoms with Crippen LogP contribution in [0, 0.1) is 11.7 Å². The summed E-state index contributed by atoms with van der Waals surface area (Å²) >= 11 is 0. The average molecular weight is 266 g/mol. The highest BCUT2D eigenvalue weighted by Gasteiger charge is 2.26. The first-order chi connectivity index (χ1) is 9.11. The minimum atomic E-state index is -0.878. The molecule has 0 spiro atoms. The van der Waals surface area contributed by atoms with Crippen molar-refractivity contribution < 1.29 is 19.0 Å². The van der Waals surface area contributed by atoms with Crippen LogP contribution < -0.4 is 4.74 Å². The first kappa shape index (κ1) is 13.8. The van der Waals surface area contributed by atoms with Crippen LogP contribution >= 0.6 is 0 Å². The summed E-state index contributed by atoms with van der Waals surface area (Å²) in [5.41, 5.74) is 0.526. The number of hydrogen-bond acceptors (Lipinski definition) is 2. The van der Waals surface area contributed by atoms with Gasteiger partial charge in [0, 0.05) is 0 Å². The number of carboxylic acids is 1. The van der Waals surface area contributed by atoms with Crippen LogP contribution in [0.4, 0.5) is 4.39 Å². The van der Waals surface area contributed by atoms with Gasteiger partial charge in [-0.3, -0.25) is 4.79 Å². The lowest BCUT2D eigenvalue weighted by molar-refractivity contribution is -0.139. The molecule has 0 bridgehead atoms. The molecule has 3 nitrogen and oxygen atoms in total. The Morgan fingerprint density at radius 2 is 2.16 bits per heavy atom. The SMILES string of the molecule is COc1ccc([C@@H](CC2CCCC2)C(=O)O)cc1F. The van der Waals surface area contributed by atoms with Gasteiger partial charge in [-0.05, 0) is 30.0 Å². The monoisotopic (exact) mass is 266 g/mol. The smallest absolute Gasteiger partial charge is 0.310 e. The summed E-state index contributed by atoms with van der Waals surface area (Å²) < 4.78 is 18.5. The first-order valence-corrected chi connectivity index (χ1v) is 6.68. The quantitative estimate of drug-likeness (QED) is 0.886. The van der Waals surface area contributed by atoms with Crippen molar-refractivity contribution >= 4 is 5.97 Å². The molecule has 1 aromatic rings. The molecule has 1 aliphatic carbocycles. The third-order valence-electron chi connectivity index (χ3n) is 3.92. The van der Waals surface area contributed by atoms with Gasteiger partial charge in [0.1, 0.15) is 0 Å². The van der Waals surface area contributed by atoms with Gasteiger partial charge in [0.2, 0.25) is 0 Å². The zero-order valence-corrected chi connectivity index (χ0v) is 11.1. The molecule has 0 aromatic heterocycles. The molecule has 1 aliphatic rings. The third-order valence-corrected chi connectivity index (χ3v) is 3.92. The predicted molar refractivity (Wildman–Crippen MR) is 69.9 cm³/mol. The Morgan fingerprint density at radius 1 is 1.47 bits per heavy atom. The molecule has 4 heteroatoms. The number of ether oxygens (including phenoxy) is 1. The molecule has 0 unspecified atom stereocenters. The van der Waals surface area contributed by atoms with E-state index in [9.17, 15) is 14.3 Å². The number of carboxylic acid groups (broad SMARTS) is 1. The van der Waals surface area contributed by atoms with Crippen LogP contribution in [-0.4, -0.2) is 18.2 Å². The van der Waals surface area contributed by atoms with Crippen molar-refractivity contribution in [3.05, 3.63) is 29.6 Å². The Labute approximate surface area is 112 Å². The maximum Gasteiger partial charge on any atom is 0.310 e. The summed E-state index contributed by atoms with van der Waals surface area (Å²) in [5, 5.41) is 9.35. The topological polar surface area (TPSA) is 46.5 Å².